The molecule has 7 nitrogen and oxygen atoms in total. The molecular formula is C27H19Cl2N3O4S. The molecule has 186 valence electrons. The van der Waals surface area contributed by atoms with Gasteiger partial charge in [-0.3, -0.25) is 10.1 Å². The fraction of sp³-hybridized carbons (Fsp3) is 0.0741. The van der Waals surface area contributed by atoms with E-state index in [9.17, 15) is 9.90 Å². The van der Waals surface area contributed by atoms with Crippen LogP contribution >= 0.6 is 35.4 Å². The van der Waals surface area contributed by atoms with Crippen molar-refractivity contribution in [1.82, 2.24) is 10.3 Å². The normalized spacial score (nSPS) is 11.0. The summed E-state index contributed by atoms with van der Waals surface area (Å²) in [5.74, 6) is 0.221. The SMILES string of the molecule is CCc1ccc2oc(-c3ccc(NC(=S)NC(=O)c4ccc(-c5ccc(Cl)c(Cl)c5)o4)cc3O)nc2c1. The Morgan fingerprint density at radius 1 is 1.00 bits per heavy atom. The van der Waals surface area contributed by atoms with Gasteiger partial charge in [-0.15, -0.1) is 0 Å². The molecule has 3 aromatic carbocycles. The van der Waals surface area contributed by atoms with Crippen LogP contribution in [0.2, 0.25) is 10.0 Å². The number of furan rings is 1. The third-order valence-corrected chi connectivity index (χ3v) is 6.55. The number of oxazole rings is 1. The molecule has 0 spiro atoms. The second kappa shape index (κ2) is 10.3. The number of fused-ring (bicyclic) bond motifs is 1. The number of nitrogens with zero attached hydrogens (tertiary/aromatic N) is 1. The molecule has 0 unspecified atom stereocenters. The number of amides is 1. The minimum atomic E-state index is -0.539. The summed E-state index contributed by atoms with van der Waals surface area (Å²) in [5.41, 5.74) is 4.08. The molecular weight excluding hydrogens is 533 g/mol. The van der Waals surface area contributed by atoms with Gasteiger partial charge < -0.3 is 19.3 Å². The lowest BCUT2D eigenvalue weighted by atomic mass is 10.1. The van der Waals surface area contributed by atoms with E-state index in [1.807, 2.05) is 18.2 Å². The predicted molar refractivity (Wildman–Crippen MR) is 148 cm³/mol. The predicted octanol–water partition coefficient (Wildman–Crippen LogP) is 7.46. The number of aromatic hydroxyl groups is 1. The summed E-state index contributed by atoms with van der Waals surface area (Å²) in [6.07, 6.45) is 0.887. The fourth-order valence-corrected chi connectivity index (χ4v) is 4.20. The Balaban J connectivity index is 1.25. The van der Waals surface area contributed by atoms with Crippen molar-refractivity contribution in [2.24, 2.45) is 0 Å². The van der Waals surface area contributed by atoms with Crippen LogP contribution in [0.1, 0.15) is 23.0 Å². The van der Waals surface area contributed by atoms with Gasteiger partial charge in [0.2, 0.25) is 5.89 Å². The number of phenols is 1. The first-order valence-electron chi connectivity index (χ1n) is 11.2. The summed E-state index contributed by atoms with van der Waals surface area (Å²) in [6.45, 7) is 2.07. The monoisotopic (exact) mass is 551 g/mol. The van der Waals surface area contributed by atoms with Crippen LogP contribution in [-0.4, -0.2) is 21.1 Å². The summed E-state index contributed by atoms with van der Waals surface area (Å²) >= 11 is 17.3. The van der Waals surface area contributed by atoms with Crippen LogP contribution in [0, 0.1) is 0 Å². The van der Waals surface area contributed by atoms with Crippen molar-refractivity contribution in [1.29, 1.82) is 0 Å². The van der Waals surface area contributed by atoms with Crippen LogP contribution in [0.25, 0.3) is 33.9 Å². The lowest BCUT2D eigenvalue weighted by Gasteiger charge is -2.10. The molecule has 0 saturated heterocycles. The third kappa shape index (κ3) is 5.32. The Labute approximate surface area is 227 Å². The zero-order valence-corrected chi connectivity index (χ0v) is 21.7. The first kappa shape index (κ1) is 24.8. The quantitative estimate of drug-likeness (QED) is 0.195. The van der Waals surface area contributed by atoms with Crippen molar-refractivity contribution >= 4 is 63.2 Å². The smallest absolute Gasteiger partial charge is 0.293 e. The van der Waals surface area contributed by atoms with Crippen LogP contribution in [0.15, 0.2) is 75.6 Å². The van der Waals surface area contributed by atoms with E-state index < -0.39 is 5.91 Å². The highest BCUT2D eigenvalue weighted by Gasteiger charge is 2.16. The number of anilines is 1. The van der Waals surface area contributed by atoms with Crippen LogP contribution in [0.4, 0.5) is 5.69 Å². The number of aryl methyl sites for hydroxylation is 1. The van der Waals surface area contributed by atoms with Gasteiger partial charge >= 0.3 is 0 Å². The standard InChI is InChI=1S/C27H19Cl2N3O4S/c1-2-14-3-8-23-20(11-14)31-26(36-23)17-6-5-16(13-21(17)33)30-27(37)32-25(34)24-10-9-22(35-24)15-4-7-18(28)19(29)12-15/h3-13,33H,2H2,1H3,(H2,30,32,34,37). The second-order valence-electron chi connectivity index (χ2n) is 8.11. The molecule has 1 amide bonds. The molecule has 10 heteroatoms. The van der Waals surface area contributed by atoms with Gasteiger partial charge in [-0.05, 0) is 78.8 Å². The summed E-state index contributed by atoms with van der Waals surface area (Å²) in [7, 11) is 0. The lowest BCUT2D eigenvalue weighted by molar-refractivity contribution is 0.0951. The number of nitrogens with one attached hydrogen (secondary N) is 2. The molecule has 3 N–H and O–H groups in total. The van der Waals surface area contributed by atoms with Crippen molar-refractivity contribution < 1.29 is 18.7 Å². The molecule has 2 heterocycles. The Hall–Kier alpha value is -3.85. The van der Waals surface area contributed by atoms with E-state index in [1.165, 1.54) is 12.1 Å². The van der Waals surface area contributed by atoms with E-state index in [0.717, 1.165) is 17.5 Å². The zero-order valence-electron chi connectivity index (χ0n) is 19.3. The topological polar surface area (TPSA) is 101 Å². The maximum absolute atomic E-state index is 12.6. The number of hydrogen-bond donors (Lipinski definition) is 3. The number of carbonyl (C=O) groups excluding carboxylic acids is 1. The van der Waals surface area contributed by atoms with Gasteiger partial charge in [0, 0.05) is 17.3 Å². The van der Waals surface area contributed by atoms with Gasteiger partial charge in [0.25, 0.3) is 5.91 Å². The van der Waals surface area contributed by atoms with Gasteiger partial charge in [-0.25, -0.2) is 4.98 Å². The molecule has 0 saturated carbocycles. The van der Waals surface area contributed by atoms with Crippen molar-refractivity contribution in [2.45, 2.75) is 13.3 Å². The van der Waals surface area contributed by atoms with Crippen molar-refractivity contribution in [3.8, 4) is 28.5 Å². The molecule has 0 aliphatic carbocycles. The van der Waals surface area contributed by atoms with Crippen LogP contribution in [0.3, 0.4) is 0 Å². The van der Waals surface area contributed by atoms with Gasteiger partial charge in [-0.1, -0.05) is 36.2 Å². The molecule has 0 aliphatic heterocycles. The summed E-state index contributed by atoms with van der Waals surface area (Å²) < 4.78 is 11.4. The number of halogens is 2. The zero-order chi connectivity index (χ0) is 26.1. The minimum absolute atomic E-state index is 0.0265. The molecule has 0 bridgehead atoms. The van der Waals surface area contributed by atoms with E-state index in [2.05, 4.69) is 22.5 Å². The molecule has 5 rings (SSSR count). The number of hydrogen-bond acceptors (Lipinski definition) is 6. The van der Waals surface area contributed by atoms with Crippen molar-refractivity contribution in [2.75, 3.05) is 5.32 Å². The third-order valence-electron chi connectivity index (χ3n) is 5.61. The second-order valence-corrected chi connectivity index (χ2v) is 9.33. The highest BCUT2D eigenvalue weighted by atomic mass is 35.5. The highest BCUT2D eigenvalue weighted by Crippen LogP contribution is 2.33. The van der Waals surface area contributed by atoms with Crippen molar-refractivity contribution in [3.05, 3.63) is 88.1 Å². The van der Waals surface area contributed by atoms with E-state index in [-0.39, 0.29) is 16.6 Å². The van der Waals surface area contributed by atoms with E-state index in [4.69, 9.17) is 44.3 Å². The number of aromatic nitrogens is 1. The Bertz CT molecular complexity index is 1660. The fourth-order valence-electron chi connectivity index (χ4n) is 3.69. The molecule has 2 aromatic heterocycles. The minimum Gasteiger partial charge on any atom is -0.507 e. The Kier molecular flexibility index (Phi) is 6.88. The average Bonchev–Trinajstić information content (AvgIpc) is 3.53. The van der Waals surface area contributed by atoms with E-state index in [0.29, 0.717) is 44.1 Å². The molecule has 0 fully saturated rings. The number of carbonyl (C=O) groups is 1. The van der Waals surface area contributed by atoms with Crippen molar-refractivity contribution in [3.63, 3.8) is 0 Å². The van der Waals surface area contributed by atoms with Crippen LogP contribution in [0.5, 0.6) is 5.75 Å². The highest BCUT2D eigenvalue weighted by molar-refractivity contribution is 7.80. The molecule has 0 aliphatic rings. The Morgan fingerprint density at radius 2 is 1.84 bits per heavy atom. The van der Waals surface area contributed by atoms with E-state index >= 15 is 0 Å². The number of benzene rings is 3. The molecule has 5 aromatic rings. The number of rotatable bonds is 5. The largest absolute Gasteiger partial charge is 0.507 e. The lowest BCUT2D eigenvalue weighted by Crippen LogP contribution is -2.33. The first-order valence-corrected chi connectivity index (χ1v) is 12.4. The summed E-state index contributed by atoms with van der Waals surface area (Å²) in [4.78, 5) is 17.1. The number of thiocarbonyl (C=S) groups is 1. The summed E-state index contributed by atoms with van der Waals surface area (Å²) in [6, 6.07) is 18.8. The molecule has 37 heavy (non-hydrogen) atoms. The number of phenolic OH excluding ortho intramolecular Hbond substituents is 1. The maximum atomic E-state index is 12.6. The average molecular weight is 552 g/mol. The Morgan fingerprint density at radius 3 is 2.59 bits per heavy atom. The van der Waals surface area contributed by atoms with Gasteiger partial charge in [0.05, 0.1) is 15.6 Å². The molecule has 0 atom stereocenters. The maximum Gasteiger partial charge on any atom is 0.293 e. The molecule has 0 radical (unpaired) electrons. The van der Waals surface area contributed by atoms with Crippen LogP contribution < -0.4 is 10.6 Å². The van der Waals surface area contributed by atoms with Crippen LogP contribution in [-0.2, 0) is 6.42 Å². The van der Waals surface area contributed by atoms with Gasteiger partial charge in [0.15, 0.2) is 16.5 Å². The summed E-state index contributed by atoms with van der Waals surface area (Å²) in [5, 5.41) is 16.8. The van der Waals surface area contributed by atoms with Gasteiger partial charge in [-0.2, -0.15) is 0 Å². The van der Waals surface area contributed by atoms with Gasteiger partial charge in [0.1, 0.15) is 17.0 Å². The first-order chi connectivity index (χ1) is 17.8. The van der Waals surface area contributed by atoms with E-state index in [1.54, 1.807) is 36.4 Å².